The molecule has 0 unspecified atom stereocenters. The molecule has 1 aromatic carbocycles. The molecule has 0 N–H and O–H groups in total. The molecule has 4 rings (SSSR count). The fraction of sp³-hybridized carbons (Fsp3) is 0.368. The second-order valence-electron chi connectivity index (χ2n) is 7.33. The first-order chi connectivity index (χ1) is 14.5. The molecule has 1 saturated heterocycles. The molecule has 0 amide bonds. The van der Waals surface area contributed by atoms with Crippen LogP contribution in [0.2, 0.25) is 5.02 Å². The van der Waals surface area contributed by atoms with E-state index in [9.17, 15) is 21.6 Å². The Bertz CT molecular complexity index is 1220. The number of para-hydroxylation sites is 2. The van der Waals surface area contributed by atoms with Crippen molar-refractivity contribution < 1.29 is 21.6 Å². The van der Waals surface area contributed by atoms with Crippen molar-refractivity contribution >= 4 is 38.5 Å². The molecule has 0 radical (unpaired) electrons. The zero-order valence-corrected chi connectivity index (χ0v) is 18.0. The van der Waals surface area contributed by atoms with Crippen LogP contribution in [0.5, 0.6) is 0 Å². The van der Waals surface area contributed by atoms with Crippen LogP contribution < -0.4 is 4.90 Å². The van der Waals surface area contributed by atoms with E-state index in [0.29, 0.717) is 55.4 Å². The van der Waals surface area contributed by atoms with Crippen molar-refractivity contribution in [3.63, 3.8) is 0 Å². The summed E-state index contributed by atoms with van der Waals surface area (Å²) in [5.41, 5.74) is 0.237. The third-order valence-electron chi connectivity index (χ3n) is 5.10. The Labute approximate surface area is 182 Å². The standard InChI is InChI=1S/C19H19ClF3N5O2S/c1-31(29,30)28-16-5-3-2-4-15(16)25-17(28)12-26-6-8-27(9-7-26)18-14(20)10-13(11-24-18)19(21,22)23/h2-5,10-11H,6-9,12H2,1H3. The van der Waals surface area contributed by atoms with E-state index in [1.54, 1.807) is 24.3 Å². The van der Waals surface area contributed by atoms with Gasteiger partial charge in [-0.05, 0) is 18.2 Å². The lowest BCUT2D eigenvalue weighted by atomic mass is 10.2. The van der Waals surface area contributed by atoms with Gasteiger partial charge in [0, 0.05) is 32.4 Å². The molecule has 3 aromatic rings. The minimum atomic E-state index is -4.50. The number of anilines is 1. The van der Waals surface area contributed by atoms with Gasteiger partial charge in [0.1, 0.15) is 11.6 Å². The van der Waals surface area contributed by atoms with Crippen LogP contribution in [0.3, 0.4) is 0 Å². The van der Waals surface area contributed by atoms with Crippen LogP contribution in [0.25, 0.3) is 11.0 Å². The zero-order valence-electron chi connectivity index (χ0n) is 16.5. The lowest BCUT2D eigenvalue weighted by molar-refractivity contribution is -0.137. The summed E-state index contributed by atoms with van der Waals surface area (Å²) in [7, 11) is -3.55. The average molecular weight is 474 g/mol. The Balaban J connectivity index is 1.50. The van der Waals surface area contributed by atoms with Gasteiger partial charge in [-0.2, -0.15) is 13.2 Å². The Kier molecular flexibility index (Phi) is 5.61. The van der Waals surface area contributed by atoms with E-state index in [1.807, 2.05) is 9.80 Å². The highest BCUT2D eigenvalue weighted by atomic mass is 35.5. The minimum absolute atomic E-state index is 0.0536. The van der Waals surface area contributed by atoms with Crippen LogP contribution >= 0.6 is 11.6 Å². The zero-order chi connectivity index (χ0) is 22.4. The van der Waals surface area contributed by atoms with Gasteiger partial charge < -0.3 is 4.90 Å². The first-order valence-electron chi connectivity index (χ1n) is 9.41. The maximum atomic E-state index is 12.8. The Morgan fingerprint density at radius 1 is 1.13 bits per heavy atom. The van der Waals surface area contributed by atoms with Gasteiger partial charge in [0.15, 0.2) is 0 Å². The molecular weight excluding hydrogens is 455 g/mol. The van der Waals surface area contributed by atoms with Gasteiger partial charge in [-0.1, -0.05) is 23.7 Å². The molecule has 3 heterocycles. The number of imidazole rings is 1. The first kappa shape index (κ1) is 21.8. The number of benzene rings is 1. The second kappa shape index (κ2) is 7.95. The lowest BCUT2D eigenvalue weighted by Gasteiger charge is -2.35. The summed E-state index contributed by atoms with van der Waals surface area (Å²) in [6.07, 6.45) is -2.58. The van der Waals surface area contributed by atoms with E-state index in [2.05, 4.69) is 9.97 Å². The summed E-state index contributed by atoms with van der Waals surface area (Å²) in [6, 6.07) is 7.91. The molecule has 0 aliphatic carbocycles. The molecule has 1 fully saturated rings. The topological polar surface area (TPSA) is 71.3 Å². The number of nitrogens with zero attached hydrogens (tertiary/aromatic N) is 5. The quantitative estimate of drug-likeness (QED) is 0.579. The van der Waals surface area contributed by atoms with Crippen LogP contribution in [-0.2, 0) is 22.7 Å². The van der Waals surface area contributed by atoms with E-state index in [1.165, 1.54) is 3.97 Å². The van der Waals surface area contributed by atoms with Gasteiger partial charge in [0.05, 0.1) is 34.4 Å². The van der Waals surface area contributed by atoms with E-state index in [0.717, 1.165) is 18.5 Å². The van der Waals surface area contributed by atoms with E-state index in [-0.39, 0.29) is 5.02 Å². The maximum absolute atomic E-state index is 12.8. The largest absolute Gasteiger partial charge is 0.417 e. The van der Waals surface area contributed by atoms with Crippen LogP contribution in [0.4, 0.5) is 19.0 Å². The molecule has 0 saturated carbocycles. The molecule has 0 bridgehead atoms. The van der Waals surface area contributed by atoms with E-state index >= 15 is 0 Å². The van der Waals surface area contributed by atoms with E-state index < -0.39 is 21.8 Å². The van der Waals surface area contributed by atoms with Crippen LogP contribution in [0.1, 0.15) is 11.4 Å². The first-order valence-corrected chi connectivity index (χ1v) is 11.6. The molecule has 12 heteroatoms. The summed E-state index contributed by atoms with van der Waals surface area (Å²) in [6.45, 7) is 2.39. The number of halogens is 4. The molecule has 166 valence electrons. The highest BCUT2D eigenvalue weighted by Gasteiger charge is 2.32. The fourth-order valence-corrected chi connectivity index (χ4v) is 4.94. The molecule has 0 atom stereocenters. The lowest BCUT2D eigenvalue weighted by Crippen LogP contribution is -2.46. The van der Waals surface area contributed by atoms with Crippen molar-refractivity contribution in [1.82, 2.24) is 18.8 Å². The number of rotatable bonds is 4. The summed E-state index contributed by atoms with van der Waals surface area (Å²) >= 11 is 6.05. The SMILES string of the molecule is CS(=O)(=O)n1c(CN2CCN(c3ncc(C(F)(F)F)cc3Cl)CC2)nc2ccccc21. The maximum Gasteiger partial charge on any atom is 0.417 e. The Hall–Kier alpha value is -2.37. The Morgan fingerprint density at radius 3 is 2.42 bits per heavy atom. The summed E-state index contributed by atoms with van der Waals surface area (Å²) < 4.78 is 64.4. The molecule has 31 heavy (non-hydrogen) atoms. The average Bonchev–Trinajstić information content (AvgIpc) is 3.06. The number of piperazine rings is 1. The van der Waals surface area contributed by atoms with Crippen molar-refractivity contribution in [3.05, 3.63) is 52.9 Å². The monoisotopic (exact) mass is 473 g/mol. The van der Waals surface area contributed by atoms with Crippen LogP contribution in [0, 0.1) is 0 Å². The fourth-order valence-electron chi connectivity index (χ4n) is 3.66. The molecule has 1 aliphatic heterocycles. The number of aromatic nitrogens is 3. The highest BCUT2D eigenvalue weighted by molar-refractivity contribution is 7.89. The predicted octanol–water partition coefficient (Wildman–Crippen LogP) is 3.23. The van der Waals surface area contributed by atoms with Crippen molar-refractivity contribution in [2.45, 2.75) is 12.7 Å². The number of alkyl halides is 3. The second-order valence-corrected chi connectivity index (χ2v) is 9.57. The third kappa shape index (κ3) is 4.48. The molecular formula is C19H19ClF3N5O2S. The van der Waals surface area contributed by atoms with Gasteiger partial charge in [-0.25, -0.2) is 22.4 Å². The summed E-state index contributed by atoms with van der Waals surface area (Å²) in [5, 5.41) is -0.0536. The van der Waals surface area contributed by atoms with Crippen molar-refractivity contribution in [1.29, 1.82) is 0 Å². The van der Waals surface area contributed by atoms with Gasteiger partial charge >= 0.3 is 6.18 Å². The number of hydrogen-bond donors (Lipinski definition) is 0. The van der Waals surface area contributed by atoms with Gasteiger partial charge in [0.2, 0.25) is 10.0 Å². The number of fused-ring (bicyclic) bond motifs is 1. The van der Waals surface area contributed by atoms with E-state index in [4.69, 9.17) is 11.6 Å². The highest BCUT2D eigenvalue weighted by Crippen LogP contribution is 2.33. The summed E-state index contributed by atoms with van der Waals surface area (Å²) in [5.74, 6) is 0.723. The number of pyridine rings is 1. The third-order valence-corrected chi connectivity index (χ3v) is 6.45. The van der Waals surface area contributed by atoms with Crippen molar-refractivity contribution in [2.75, 3.05) is 37.3 Å². The predicted molar refractivity (Wildman–Crippen MR) is 112 cm³/mol. The van der Waals surface area contributed by atoms with Gasteiger partial charge in [-0.3, -0.25) is 4.90 Å². The smallest absolute Gasteiger partial charge is 0.353 e. The number of hydrogen-bond acceptors (Lipinski definition) is 6. The van der Waals surface area contributed by atoms with Gasteiger partial charge in [0.25, 0.3) is 0 Å². The summed E-state index contributed by atoms with van der Waals surface area (Å²) in [4.78, 5) is 12.3. The van der Waals surface area contributed by atoms with Crippen molar-refractivity contribution in [2.24, 2.45) is 0 Å². The molecule has 2 aromatic heterocycles. The molecule has 1 aliphatic rings. The van der Waals surface area contributed by atoms with Crippen molar-refractivity contribution in [3.8, 4) is 0 Å². The van der Waals surface area contributed by atoms with Gasteiger partial charge in [-0.15, -0.1) is 0 Å². The molecule has 7 nitrogen and oxygen atoms in total. The van der Waals surface area contributed by atoms with Crippen LogP contribution in [-0.4, -0.2) is 59.7 Å². The normalized spacial score (nSPS) is 16.2. The van der Waals surface area contributed by atoms with Crippen LogP contribution in [0.15, 0.2) is 36.5 Å². The molecule has 0 spiro atoms. The minimum Gasteiger partial charge on any atom is -0.353 e. The Morgan fingerprint density at radius 2 is 1.81 bits per heavy atom.